The van der Waals surface area contributed by atoms with E-state index in [1.54, 1.807) is 77.9 Å². The second-order valence-electron chi connectivity index (χ2n) is 17.5. The van der Waals surface area contributed by atoms with E-state index in [9.17, 15) is 44.1 Å². The van der Waals surface area contributed by atoms with Crippen molar-refractivity contribution in [3.05, 3.63) is 77.4 Å². The van der Waals surface area contributed by atoms with Crippen LogP contribution in [0.4, 0.5) is 14.4 Å². The highest BCUT2D eigenvalue weighted by molar-refractivity contribution is 5.94. The van der Waals surface area contributed by atoms with Crippen LogP contribution >= 0.6 is 0 Å². The fourth-order valence-corrected chi connectivity index (χ4v) is 6.37. The van der Waals surface area contributed by atoms with Crippen LogP contribution in [0, 0.1) is 0 Å². The monoisotopic (exact) mass is 923 g/mol. The Hall–Kier alpha value is -6.80. The van der Waals surface area contributed by atoms with Crippen molar-refractivity contribution < 1.29 is 72.5 Å². The molecule has 20 heteroatoms. The van der Waals surface area contributed by atoms with Gasteiger partial charge in [0, 0.05) is 24.6 Å². The molecule has 0 aromatic heterocycles. The summed E-state index contributed by atoms with van der Waals surface area (Å²) in [5.74, 6) is -3.25. The summed E-state index contributed by atoms with van der Waals surface area (Å²) in [5, 5.41) is 43.9. The summed E-state index contributed by atoms with van der Waals surface area (Å²) in [6, 6.07) is 11.9. The molecule has 1 heterocycles. The Morgan fingerprint density at radius 1 is 0.788 bits per heavy atom. The minimum Gasteiger partial charge on any atom is -0.504 e. The van der Waals surface area contributed by atoms with E-state index >= 15 is 0 Å². The van der Waals surface area contributed by atoms with E-state index in [4.69, 9.17) is 28.4 Å². The van der Waals surface area contributed by atoms with Crippen LogP contribution in [0.25, 0.3) is 11.1 Å². The molecule has 5 amide bonds. The number of esters is 1. The second kappa shape index (κ2) is 22.9. The van der Waals surface area contributed by atoms with Crippen molar-refractivity contribution in [2.45, 2.75) is 103 Å². The van der Waals surface area contributed by atoms with Gasteiger partial charge in [0.15, 0.2) is 11.5 Å². The molecular formula is C46H61N5O15. The van der Waals surface area contributed by atoms with Crippen molar-refractivity contribution in [1.29, 1.82) is 0 Å². The number of carbonyl (C=O) groups is 6. The Labute approximate surface area is 383 Å². The number of aliphatic hydroxyl groups is 2. The van der Waals surface area contributed by atoms with Crippen molar-refractivity contribution in [2.24, 2.45) is 0 Å². The molecule has 3 aromatic rings. The number of phenolic OH excluding ortho intramolecular Hbond substituents is 1. The molecule has 0 fully saturated rings. The van der Waals surface area contributed by atoms with E-state index in [1.807, 2.05) is 0 Å². The van der Waals surface area contributed by atoms with E-state index in [0.717, 1.165) is 12.0 Å². The van der Waals surface area contributed by atoms with E-state index < -0.39 is 96.6 Å². The quantitative estimate of drug-likeness (QED) is 0.0899. The maximum atomic E-state index is 14.4. The number of amides is 5. The van der Waals surface area contributed by atoms with Crippen molar-refractivity contribution in [2.75, 3.05) is 40.5 Å². The predicted molar refractivity (Wildman–Crippen MR) is 237 cm³/mol. The molecule has 1 aliphatic rings. The first-order chi connectivity index (χ1) is 30.9. The van der Waals surface area contributed by atoms with Gasteiger partial charge in [0.1, 0.15) is 67.1 Å². The van der Waals surface area contributed by atoms with Gasteiger partial charge < -0.3 is 65.0 Å². The smallest absolute Gasteiger partial charge is 0.410 e. The average molecular weight is 924 g/mol. The van der Waals surface area contributed by atoms with Crippen molar-refractivity contribution >= 4 is 36.1 Å². The molecule has 0 radical (unpaired) electrons. The van der Waals surface area contributed by atoms with Gasteiger partial charge in [-0.05, 0) is 89.4 Å². The number of ether oxygens (including phenoxy) is 6. The minimum absolute atomic E-state index is 0.0193. The van der Waals surface area contributed by atoms with Crippen LogP contribution in [0.2, 0.25) is 0 Å². The SMILES string of the molecule is COC(=O)[C@@H]1Cc2ccc(OC[C@H](O)CNC(=O)OC(C)(C)C)c(c2)-c2cc(cc(OC[C@@H](O)CNC(=O)OC(C)(C)C)c2O)[C@H](N(C)C(=O)OCc2ccccc2)C(=O)N[C@@H](C)C(=O)N1. The Bertz CT molecular complexity index is 2190. The van der Waals surface area contributed by atoms with Crippen LogP contribution in [0.3, 0.4) is 0 Å². The number of hydrogen-bond donors (Lipinski definition) is 7. The van der Waals surface area contributed by atoms with E-state index in [2.05, 4.69) is 21.3 Å². The molecule has 66 heavy (non-hydrogen) atoms. The molecule has 0 saturated carbocycles. The van der Waals surface area contributed by atoms with Crippen molar-refractivity contribution in [3.8, 4) is 28.4 Å². The van der Waals surface area contributed by atoms with Gasteiger partial charge in [-0.2, -0.15) is 0 Å². The number of nitrogens with zero attached hydrogens (tertiary/aromatic N) is 1. The van der Waals surface area contributed by atoms with Crippen LogP contribution in [0.1, 0.15) is 71.2 Å². The van der Waals surface area contributed by atoms with Gasteiger partial charge in [-0.1, -0.05) is 36.4 Å². The van der Waals surface area contributed by atoms with E-state index in [0.29, 0.717) is 11.1 Å². The lowest BCUT2D eigenvalue weighted by Crippen LogP contribution is -2.53. The first-order valence-electron chi connectivity index (χ1n) is 21.1. The molecule has 7 N–H and O–H groups in total. The van der Waals surface area contributed by atoms with Crippen LogP contribution in [0.15, 0.2) is 60.7 Å². The molecule has 5 atom stereocenters. The predicted octanol–water partition coefficient (Wildman–Crippen LogP) is 3.62. The van der Waals surface area contributed by atoms with Crippen LogP contribution in [-0.4, -0.2) is 132 Å². The molecule has 360 valence electrons. The normalized spacial score (nSPS) is 17.3. The summed E-state index contributed by atoms with van der Waals surface area (Å²) >= 11 is 0. The lowest BCUT2D eigenvalue weighted by molar-refractivity contribution is -0.145. The molecule has 4 rings (SSSR count). The standard InChI is InChI=1S/C46H61N5O15/c1-26-39(55)50-34(41(57)61-9)18-28-15-16-35(62-24-30(52)21-47-42(58)65-45(2,3)4)32(17-28)33-19-29(20-36(38(33)54)63-25-31(53)22-48-43(59)66-46(5,6)7)37(40(56)49-26)51(8)44(60)64-23-27-13-11-10-12-14-27/h10-17,19-20,26,30-31,34,37,52-54H,18,21-25H2,1-9H3,(H,47,58)(H,48,59)(H,49,56)(H,50,55)/t26-,30+,31-,34-,37-/m0/s1. The number of carbonyl (C=O) groups excluding carboxylic acids is 6. The highest BCUT2D eigenvalue weighted by Gasteiger charge is 2.35. The summed E-state index contributed by atoms with van der Waals surface area (Å²) in [5.41, 5.74) is -0.443. The van der Waals surface area contributed by atoms with Crippen LogP contribution in [-0.2, 0) is 46.4 Å². The third kappa shape index (κ3) is 15.7. The fraction of sp³-hybridized carbons (Fsp3) is 0.478. The van der Waals surface area contributed by atoms with Crippen molar-refractivity contribution in [1.82, 2.24) is 26.2 Å². The largest absolute Gasteiger partial charge is 0.504 e. The maximum absolute atomic E-state index is 14.4. The zero-order valence-electron chi connectivity index (χ0n) is 38.6. The van der Waals surface area contributed by atoms with Gasteiger partial charge in [0.25, 0.3) is 0 Å². The fourth-order valence-electron chi connectivity index (χ4n) is 6.37. The number of nitrogens with one attached hydrogen (secondary N) is 4. The number of rotatable bonds is 14. The Kier molecular flexibility index (Phi) is 18.0. The number of aliphatic hydroxyl groups excluding tert-OH is 2. The second-order valence-corrected chi connectivity index (χ2v) is 17.5. The zero-order valence-corrected chi connectivity index (χ0v) is 38.6. The van der Waals surface area contributed by atoms with Gasteiger partial charge in [0.05, 0.1) is 20.2 Å². The Morgan fingerprint density at radius 2 is 1.36 bits per heavy atom. The highest BCUT2D eigenvalue weighted by atomic mass is 16.6. The zero-order chi connectivity index (χ0) is 48.9. The van der Waals surface area contributed by atoms with Crippen molar-refractivity contribution in [3.63, 3.8) is 0 Å². The first kappa shape index (κ1) is 51.8. The van der Waals surface area contributed by atoms with E-state index in [1.165, 1.54) is 38.2 Å². The summed E-state index contributed by atoms with van der Waals surface area (Å²) in [7, 11) is 2.43. The molecule has 0 unspecified atom stereocenters. The van der Waals surface area contributed by atoms with Gasteiger partial charge in [-0.15, -0.1) is 0 Å². The molecule has 0 saturated heterocycles. The number of methoxy groups -OCH3 is 1. The highest BCUT2D eigenvalue weighted by Crippen LogP contribution is 2.45. The molecule has 20 nitrogen and oxygen atoms in total. The average Bonchev–Trinajstić information content (AvgIpc) is 3.24. The number of fused-ring (bicyclic) bond motifs is 5. The minimum atomic E-state index is -1.60. The first-order valence-corrected chi connectivity index (χ1v) is 21.1. The summed E-state index contributed by atoms with van der Waals surface area (Å²) in [6.45, 7) is 9.77. The topological polar surface area (TPSA) is 270 Å². The summed E-state index contributed by atoms with van der Waals surface area (Å²) in [4.78, 5) is 80.4. The third-order valence-corrected chi connectivity index (χ3v) is 9.49. The maximum Gasteiger partial charge on any atom is 0.410 e. The lowest BCUT2D eigenvalue weighted by Gasteiger charge is -2.30. The van der Waals surface area contributed by atoms with Crippen LogP contribution in [0.5, 0.6) is 17.2 Å². The number of alkyl carbamates (subject to hydrolysis) is 2. The van der Waals surface area contributed by atoms with Gasteiger partial charge in [-0.3, -0.25) is 14.5 Å². The lowest BCUT2D eigenvalue weighted by atomic mass is 9.93. The number of likely N-dealkylation sites (N-methyl/N-ethyl adjacent to an activating group) is 1. The Balaban J connectivity index is 1.86. The molecular weight excluding hydrogens is 863 g/mol. The molecule has 1 aliphatic heterocycles. The number of phenols is 1. The molecule has 3 aromatic carbocycles. The van der Waals surface area contributed by atoms with Crippen LogP contribution < -0.4 is 30.7 Å². The number of hydrogen-bond acceptors (Lipinski definition) is 15. The number of benzene rings is 3. The molecule has 0 aliphatic carbocycles. The molecule has 4 bridgehead atoms. The van der Waals surface area contributed by atoms with E-state index in [-0.39, 0.29) is 54.3 Å². The Morgan fingerprint density at radius 3 is 1.92 bits per heavy atom. The van der Waals surface area contributed by atoms with Gasteiger partial charge >= 0.3 is 24.2 Å². The van der Waals surface area contributed by atoms with Gasteiger partial charge in [-0.25, -0.2) is 19.2 Å². The molecule has 0 spiro atoms. The number of aromatic hydroxyl groups is 1. The summed E-state index contributed by atoms with van der Waals surface area (Å²) in [6.07, 6.45) is -5.30. The summed E-state index contributed by atoms with van der Waals surface area (Å²) < 4.78 is 33.1. The van der Waals surface area contributed by atoms with Gasteiger partial charge in [0.2, 0.25) is 11.8 Å². The third-order valence-electron chi connectivity index (χ3n) is 9.49.